The van der Waals surface area contributed by atoms with Crippen LogP contribution in [0.25, 0.3) is 11.0 Å². The lowest BCUT2D eigenvalue weighted by molar-refractivity contribution is 0.102. The summed E-state index contributed by atoms with van der Waals surface area (Å²) in [6, 6.07) is 22.6. The number of hydrogen-bond donors (Lipinski definition) is 1. The highest BCUT2D eigenvalue weighted by Crippen LogP contribution is 2.21. The molecule has 0 aliphatic heterocycles. The number of carbonyl (C=O) groups is 1. The summed E-state index contributed by atoms with van der Waals surface area (Å²) in [6.45, 7) is 0.554. The molecule has 4 aromatic rings. The fraction of sp³-hybridized carbons (Fsp3) is 0.0952. The lowest BCUT2D eigenvalue weighted by Crippen LogP contribution is -2.19. The van der Waals surface area contributed by atoms with Crippen LogP contribution in [0.2, 0.25) is 0 Å². The van der Waals surface area contributed by atoms with Crippen molar-refractivity contribution in [1.82, 2.24) is 10.2 Å². The van der Waals surface area contributed by atoms with Crippen molar-refractivity contribution in [3.8, 4) is 0 Å². The van der Waals surface area contributed by atoms with E-state index in [0.717, 1.165) is 22.4 Å². The van der Waals surface area contributed by atoms with Crippen LogP contribution in [-0.2, 0) is 6.54 Å². The van der Waals surface area contributed by atoms with Gasteiger partial charge in [-0.2, -0.15) is 0 Å². The zero-order chi connectivity index (χ0) is 18.6. The largest absolute Gasteiger partial charge is 0.459 e. The van der Waals surface area contributed by atoms with E-state index in [4.69, 9.17) is 4.42 Å². The van der Waals surface area contributed by atoms with Crippen LogP contribution in [0.3, 0.4) is 0 Å². The molecule has 0 aliphatic carbocycles. The minimum absolute atomic E-state index is 0.264. The molecule has 0 bridgehead atoms. The van der Waals surface area contributed by atoms with Crippen LogP contribution in [0.1, 0.15) is 16.2 Å². The Balaban J connectivity index is 1.44. The first-order chi connectivity index (χ1) is 13.2. The third-order valence-electron chi connectivity index (χ3n) is 4.18. The van der Waals surface area contributed by atoms with Crippen molar-refractivity contribution in [2.45, 2.75) is 6.54 Å². The number of fused-ring (bicyclic) bond motifs is 1. The molecular weight excluding hydrogens is 340 g/mol. The molecule has 0 unspecified atom stereocenters. The van der Waals surface area contributed by atoms with E-state index in [1.807, 2.05) is 72.6 Å². The minimum Gasteiger partial charge on any atom is -0.459 e. The number of carbonyl (C=O) groups excluding carboxylic acids is 1. The molecule has 27 heavy (non-hydrogen) atoms. The second-order valence-electron chi connectivity index (χ2n) is 6.20. The molecule has 4 rings (SSSR count). The maximum Gasteiger partial charge on any atom is 0.276 e. The maximum absolute atomic E-state index is 12.2. The van der Waals surface area contributed by atoms with Gasteiger partial charge in [-0.05, 0) is 36.4 Å². The lowest BCUT2D eigenvalue weighted by Gasteiger charge is -2.15. The number of anilines is 2. The number of nitrogens with zero attached hydrogens (tertiary/aromatic N) is 3. The van der Waals surface area contributed by atoms with Gasteiger partial charge >= 0.3 is 0 Å². The first kappa shape index (κ1) is 16.8. The summed E-state index contributed by atoms with van der Waals surface area (Å²) in [6.07, 6.45) is 0. The van der Waals surface area contributed by atoms with Crippen molar-refractivity contribution in [3.63, 3.8) is 0 Å². The highest BCUT2D eigenvalue weighted by atomic mass is 16.3. The Morgan fingerprint density at radius 2 is 1.78 bits per heavy atom. The van der Waals surface area contributed by atoms with Gasteiger partial charge < -0.3 is 14.6 Å². The standard InChI is InChI=1S/C21H18N4O2/c1-25(14-17-13-15-7-5-6-10-19(15)27-17)20-12-11-18(23-24-20)21(26)22-16-8-3-2-4-9-16/h2-13H,14H2,1H3,(H,22,26). The Bertz CT molecular complexity index is 1030. The Morgan fingerprint density at radius 1 is 1.00 bits per heavy atom. The fourth-order valence-electron chi connectivity index (χ4n) is 2.80. The molecule has 0 atom stereocenters. The van der Waals surface area contributed by atoms with E-state index in [1.54, 1.807) is 12.1 Å². The van der Waals surface area contributed by atoms with E-state index in [2.05, 4.69) is 15.5 Å². The predicted molar refractivity (Wildman–Crippen MR) is 105 cm³/mol. The van der Waals surface area contributed by atoms with Crippen LogP contribution in [0.15, 0.2) is 77.2 Å². The van der Waals surface area contributed by atoms with Gasteiger partial charge in [0.1, 0.15) is 11.3 Å². The van der Waals surface area contributed by atoms with Crippen molar-refractivity contribution >= 4 is 28.4 Å². The molecule has 2 aromatic heterocycles. The van der Waals surface area contributed by atoms with Crippen LogP contribution < -0.4 is 10.2 Å². The molecule has 1 N–H and O–H groups in total. The highest BCUT2D eigenvalue weighted by molar-refractivity contribution is 6.02. The molecular formula is C21H18N4O2. The molecule has 0 saturated heterocycles. The van der Waals surface area contributed by atoms with Gasteiger partial charge in [0, 0.05) is 18.1 Å². The SMILES string of the molecule is CN(Cc1cc2ccccc2o1)c1ccc(C(=O)Nc2ccccc2)nn1. The lowest BCUT2D eigenvalue weighted by atomic mass is 10.2. The van der Waals surface area contributed by atoms with Crippen LogP contribution in [0.5, 0.6) is 0 Å². The second kappa shape index (κ2) is 7.29. The molecule has 0 saturated carbocycles. The summed E-state index contributed by atoms with van der Waals surface area (Å²) in [4.78, 5) is 14.2. The van der Waals surface area contributed by atoms with E-state index >= 15 is 0 Å². The zero-order valence-electron chi connectivity index (χ0n) is 14.8. The highest BCUT2D eigenvalue weighted by Gasteiger charge is 2.12. The number of furan rings is 1. The van der Waals surface area contributed by atoms with E-state index in [1.165, 1.54) is 0 Å². The number of nitrogens with one attached hydrogen (secondary N) is 1. The molecule has 134 valence electrons. The molecule has 0 aliphatic rings. The van der Waals surface area contributed by atoms with E-state index in [9.17, 15) is 4.79 Å². The normalized spacial score (nSPS) is 10.7. The minimum atomic E-state index is -0.291. The van der Waals surface area contributed by atoms with Crippen molar-refractivity contribution < 1.29 is 9.21 Å². The first-order valence-corrected chi connectivity index (χ1v) is 8.58. The molecule has 0 spiro atoms. The number of benzene rings is 2. The number of amides is 1. The fourth-order valence-corrected chi connectivity index (χ4v) is 2.80. The van der Waals surface area contributed by atoms with Gasteiger partial charge in [0.05, 0.1) is 6.54 Å². The number of rotatable bonds is 5. The smallest absolute Gasteiger partial charge is 0.276 e. The van der Waals surface area contributed by atoms with Crippen molar-refractivity contribution in [2.75, 3.05) is 17.3 Å². The maximum atomic E-state index is 12.2. The Labute approximate surface area is 156 Å². The zero-order valence-corrected chi connectivity index (χ0v) is 14.8. The van der Waals surface area contributed by atoms with E-state index in [-0.39, 0.29) is 11.6 Å². The molecule has 2 heterocycles. The van der Waals surface area contributed by atoms with E-state index in [0.29, 0.717) is 12.4 Å². The third-order valence-corrected chi connectivity index (χ3v) is 4.18. The van der Waals surface area contributed by atoms with Crippen molar-refractivity contribution in [3.05, 3.63) is 84.3 Å². The molecule has 6 heteroatoms. The Hall–Kier alpha value is -3.67. The van der Waals surface area contributed by atoms with Crippen molar-refractivity contribution in [1.29, 1.82) is 0 Å². The van der Waals surface area contributed by atoms with Crippen LogP contribution in [-0.4, -0.2) is 23.2 Å². The van der Waals surface area contributed by atoms with Crippen molar-refractivity contribution in [2.24, 2.45) is 0 Å². The average molecular weight is 358 g/mol. The third kappa shape index (κ3) is 3.79. The quantitative estimate of drug-likeness (QED) is 0.581. The summed E-state index contributed by atoms with van der Waals surface area (Å²) in [7, 11) is 1.90. The summed E-state index contributed by atoms with van der Waals surface area (Å²) >= 11 is 0. The molecule has 6 nitrogen and oxygen atoms in total. The molecule has 0 fully saturated rings. The molecule has 2 aromatic carbocycles. The van der Waals surface area contributed by atoms with Gasteiger partial charge in [-0.25, -0.2) is 0 Å². The first-order valence-electron chi connectivity index (χ1n) is 8.58. The second-order valence-corrected chi connectivity index (χ2v) is 6.20. The van der Waals surface area contributed by atoms with Gasteiger partial charge in [-0.3, -0.25) is 4.79 Å². The van der Waals surface area contributed by atoms with Crippen LogP contribution in [0, 0.1) is 0 Å². The van der Waals surface area contributed by atoms with Gasteiger partial charge in [0.25, 0.3) is 5.91 Å². The molecule has 0 radical (unpaired) electrons. The Kier molecular flexibility index (Phi) is 4.53. The number of hydrogen-bond acceptors (Lipinski definition) is 5. The van der Waals surface area contributed by atoms with Gasteiger partial charge in [0.2, 0.25) is 0 Å². The van der Waals surface area contributed by atoms with Gasteiger partial charge in [0.15, 0.2) is 11.5 Å². The topological polar surface area (TPSA) is 71.3 Å². The molecule has 1 amide bonds. The van der Waals surface area contributed by atoms with Crippen LogP contribution >= 0.6 is 0 Å². The predicted octanol–water partition coefficient (Wildman–Crippen LogP) is 4.11. The number of para-hydroxylation sites is 2. The summed E-state index contributed by atoms with van der Waals surface area (Å²) < 4.78 is 5.83. The summed E-state index contributed by atoms with van der Waals surface area (Å²) in [5.74, 6) is 1.21. The van der Waals surface area contributed by atoms with E-state index < -0.39 is 0 Å². The van der Waals surface area contributed by atoms with Crippen LogP contribution in [0.4, 0.5) is 11.5 Å². The number of aromatic nitrogens is 2. The average Bonchev–Trinajstić information content (AvgIpc) is 3.11. The summed E-state index contributed by atoms with van der Waals surface area (Å²) in [5.41, 5.74) is 1.84. The Morgan fingerprint density at radius 3 is 2.52 bits per heavy atom. The van der Waals surface area contributed by atoms with Gasteiger partial charge in [-0.15, -0.1) is 10.2 Å². The summed E-state index contributed by atoms with van der Waals surface area (Å²) in [5, 5.41) is 12.1. The monoisotopic (exact) mass is 358 g/mol. The van der Waals surface area contributed by atoms with Gasteiger partial charge in [-0.1, -0.05) is 36.4 Å².